The van der Waals surface area contributed by atoms with Crippen molar-refractivity contribution in [3.8, 4) is 0 Å². The van der Waals surface area contributed by atoms with Crippen LogP contribution in [-0.4, -0.2) is 18.4 Å². The fraction of sp³-hybridized carbons (Fsp3) is 0.333. The summed E-state index contributed by atoms with van der Waals surface area (Å²) in [7, 11) is 1.61. The summed E-state index contributed by atoms with van der Waals surface area (Å²) in [6.07, 6.45) is 2.39. The van der Waals surface area contributed by atoms with E-state index in [2.05, 4.69) is 4.98 Å². The largest absolute Gasteiger partial charge is 0.379 e. The number of thiazole rings is 1. The first-order valence-electron chi connectivity index (χ1n) is 2.75. The van der Waals surface area contributed by atoms with Crippen LogP contribution in [0.3, 0.4) is 0 Å². The van der Waals surface area contributed by atoms with Gasteiger partial charge in [0.1, 0.15) is 0 Å². The summed E-state index contributed by atoms with van der Waals surface area (Å²) in [5.41, 5.74) is 0. The first-order valence-corrected chi connectivity index (χ1v) is 3.57. The van der Waals surface area contributed by atoms with Crippen LogP contribution in [0.15, 0.2) is 6.20 Å². The Bertz CT molecular complexity index is 221. The lowest BCUT2D eigenvalue weighted by atomic mass is 10.6. The minimum Gasteiger partial charge on any atom is -0.379 e. The number of hydrogen-bond donors (Lipinski definition) is 0. The van der Waals surface area contributed by atoms with Crippen LogP contribution in [-0.2, 0) is 11.3 Å². The molecule has 10 heavy (non-hydrogen) atoms. The van der Waals surface area contributed by atoms with Crippen LogP contribution in [0.5, 0.6) is 0 Å². The average molecular weight is 157 g/mol. The number of aromatic nitrogens is 1. The van der Waals surface area contributed by atoms with E-state index in [1.807, 2.05) is 0 Å². The molecule has 1 aromatic heterocycles. The summed E-state index contributed by atoms with van der Waals surface area (Å²) in [6.45, 7) is 0.533. The maximum Gasteiger partial charge on any atom is 0.178 e. The van der Waals surface area contributed by atoms with Gasteiger partial charge in [0, 0.05) is 13.3 Å². The van der Waals surface area contributed by atoms with Gasteiger partial charge in [-0.1, -0.05) is 0 Å². The van der Waals surface area contributed by atoms with Crippen molar-refractivity contribution in [3.05, 3.63) is 16.1 Å². The zero-order valence-electron chi connectivity index (χ0n) is 5.53. The van der Waals surface area contributed by atoms with E-state index >= 15 is 0 Å². The third-order valence-corrected chi connectivity index (χ3v) is 1.86. The van der Waals surface area contributed by atoms with Crippen LogP contribution in [0.2, 0.25) is 0 Å². The number of aldehydes is 1. The van der Waals surface area contributed by atoms with Crippen LogP contribution in [0.1, 0.15) is 14.7 Å². The molecule has 1 aromatic rings. The van der Waals surface area contributed by atoms with Crippen molar-refractivity contribution in [2.45, 2.75) is 6.61 Å². The molecule has 0 saturated carbocycles. The van der Waals surface area contributed by atoms with Gasteiger partial charge in [-0.15, -0.1) is 11.3 Å². The van der Waals surface area contributed by atoms with Crippen LogP contribution >= 0.6 is 11.3 Å². The third kappa shape index (κ3) is 1.62. The van der Waals surface area contributed by atoms with Crippen molar-refractivity contribution < 1.29 is 9.53 Å². The Morgan fingerprint density at radius 1 is 1.90 bits per heavy atom. The highest BCUT2D eigenvalue weighted by Crippen LogP contribution is 2.10. The highest BCUT2D eigenvalue weighted by Gasteiger charge is 1.98. The molecule has 4 heteroatoms. The van der Waals surface area contributed by atoms with Gasteiger partial charge >= 0.3 is 0 Å². The maximum atomic E-state index is 10.1. The Kier molecular flexibility index (Phi) is 2.53. The molecular formula is C6H7NO2S. The maximum absolute atomic E-state index is 10.1. The lowest BCUT2D eigenvalue weighted by molar-refractivity contribution is 0.112. The summed E-state index contributed by atoms with van der Waals surface area (Å²) in [4.78, 5) is 14.9. The topological polar surface area (TPSA) is 39.2 Å². The highest BCUT2D eigenvalue weighted by molar-refractivity contribution is 7.13. The van der Waals surface area contributed by atoms with Crippen LogP contribution in [0, 0.1) is 0 Å². The van der Waals surface area contributed by atoms with Crippen molar-refractivity contribution in [2.24, 2.45) is 0 Å². The van der Waals surface area contributed by atoms with Crippen LogP contribution in [0.25, 0.3) is 0 Å². The highest BCUT2D eigenvalue weighted by atomic mass is 32.1. The van der Waals surface area contributed by atoms with Gasteiger partial charge in [0.25, 0.3) is 0 Å². The molecule has 0 saturated heterocycles. The van der Waals surface area contributed by atoms with Crippen molar-refractivity contribution in [2.75, 3.05) is 7.11 Å². The van der Waals surface area contributed by atoms with Gasteiger partial charge in [0.05, 0.1) is 11.5 Å². The molecule has 0 unspecified atom stereocenters. The molecule has 0 aliphatic heterocycles. The average Bonchev–Trinajstić information content (AvgIpc) is 2.37. The summed E-state index contributed by atoms with van der Waals surface area (Å²) < 4.78 is 4.84. The molecule has 0 atom stereocenters. The Hall–Kier alpha value is -0.740. The second kappa shape index (κ2) is 3.43. The lowest BCUT2D eigenvalue weighted by Gasteiger charge is -1.88. The smallest absolute Gasteiger partial charge is 0.178 e. The molecule has 54 valence electrons. The molecule has 0 spiro atoms. The molecule has 0 aliphatic rings. The molecular weight excluding hydrogens is 150 g/mol. The summed E-state index contributed by atoms with van der Waals surface area (Å²) in [5.74, 6) is 0. The second-order valence-electron chi connectivity index (χ2n) is 1.72. The quantitative estimate of drug-likeness (QED) is 0.617. The standard InChI is InChI=1S/C6H7NO2S/c1-9-4-5-2-7-6(3-8)10-5/h2-3H,4H2,1H3. The number of methoxy groups -OCH3 is 1. The van der Waals surface area contributed by atoms with Crippen molar-refractivity contribution in [1.82, 2.24) is 4.98 Å². The van der Waals surface area contributed by atoms with Crippen LogP contribution in [0.4, 0.5) is 0 Å². The van der Waals surface area contributed by atoms with E-state index in [-0.39, 0.29) is 0 Å². The molecule has 0 aliphatic carbocycles. The van der Waals surface area contributed by atoms with E-state index in [1.165, 1.54) is 11.3 Å². The fourth-order valence-electron chi connectivity index (χ4n) is 0.586. The van der Waals surface area contributed by atoms with Crippen molar-refractivity contribution in [1.29, 1.82) is 0 Å². The van der Waals surface area contributed by atoms with E-state index in [0.717, 1.165) is 11.2 Å². The number of nitrogens with zero attached hydrogens (tertiary/aromatic N) is 1. The number of hydrogen-bond acceptors (Lipinski definition) is 4. The SMILES string of the molecule is COCc1cnc(C=O)s1. The predicted molar refractivity (Wildman–Crippen MR) is 38.2 cm³/mol. The van der Waals surface area contributed by atoms with Gasteiger partial charge in [0.15, 0.2) is 11.3 Å². The summed E-state index contributed by atoms with van der Waals surface area (Å²) >= 11 is 1.35. The Morgan fingerprint density at radius 3 is 3.20 bits per heavy atom. The molecule has 0 aromatic carbocycles. The molecule has 0 radical (unpaired) electrons. The van der Waals surface area contributed by atoms with Gasteiger partial charge in [-0.05, 0) is 0 Å². The molecule has 0 amide bonds. The van der Waals surface area contributed by atoms with Gasteiger partial charge in [0.2, 0.25) is 0 Å². The number of carbonyl (C=O) groups excluding carboxylic acids is 1. The van der Waals surface area contributed by atoms with E-state index in [0.29, 0.717) is 11.6 Å². The predicted octanol–water partition coefficient (Wildman–Crippen LogP) is 1.10. The molecule has 1 rings (SSSR count). The molecule has 1 heterocycles. The summed E-state index contributed by atoms with van der Waals surface area (Å²) in [6, 6.07) is 0. The monoisotopic (exact) mass is 157 g/mol. The van der Waals surface area contributed by atoms with Gasteiger partial charge in [-0.25, -0.2) is 4.98 Å². The number of ether oxygens (including phenoxy) is 1. The minimum absolute atomic E-state index is 0.507. The van der Waals surface area contributed by atoms with Crippen molar-refractivity contribution >= 4 is 17.6 Å². The lowest BCUT2D eigenvalue weighted by Crippen LogP contribution is -1.79. The first-order chi connectivity index (χ1) is 4.86. The van der Waals surface area contributed by atoms with Gasteiger partial charge < -0.3 is 4.74 Å². The zero-order valence-corrected chi connectivity index (χ0v) is 6.35. The Balaban J connectivity index is 2.68. The normalized spacial score (nSPS) is 9.70. The van der Waals surface area contributed by atoms with Gasteiger partial charge in [-0.3, -0.25) is 4.79 Å². The summed E-state index contributed by atoms with van der Waals surface area (Å²) in [5, 5.41) is 0.507. The van der Waals surface area contributed by atoms with Crippen molar-refractivity contribution in [3.63, 3.8) is 0 Å². The first kappa shape index (κ1) is 7.37. The molecule has 0 fully saturated rings. The second-order valence-corrected chi connectivity index (χ2v) is 2.86. The molecule has 0 N–H and O–H groups in total. The minimum atomic E-state index is 0.507. The Labute approximate surface area is 62.7 Å². The number of carbonyl (C=O) groups is 1. The van der Waals surface area contributed by atoms with E-state index in [4.69, 9.17) is 4.74 Å². The molecule has 0 bridgehead atoms. The van der Waals surface area contributed by atoms with E-state index in [1.54, 1.807) is 13.3 Å². The van der Waals surface area contributed by atoms with E-state index < -0.39 is 0 Å². The van der Waals surface area contributed by atoms with Crippen LogP contribution < -0.4 is 0 Å². The fourth-order valence-corrected chi connectivity index (χ4v) is 1.29. The zero-order chi connectivity index (χ0) is 7.40. The number of rotatable bonds is 3. The Morgan fingerprint density at radius 2 is 2.70 bits per heavy atom. The molecule has 3 nitrogen and oxygen atoms in total. The third-order valence-electron chi connectivity index (χ3n) is 0.959. The van der Waals surface area contributed by atoms with E-state index in [9.17, 15) is 4.79 Å². The van der Waals surface area contributed by atoms with Gasteiger partial charge in [-0.2, -0.15) is 0 Å².